The lowest BCUT2D eigenvalue weighted by atomic mass is 10.2. The Morgan fingerprint density at radius 1 is 1.30 bits per heavy atom. The lowest BCUT2D eigenvalue weighted by molar-refractivity contribution is -0.125. The van der Waals surface area contributed by atoms with Crippen LogP contribution in [-0.2, 0) is 11.3 Å². The summed E-state index contributed by atoms with van der Waals surface area (Å²) >= 11 is 3.39. The summed E-state index contributed by atoms with van der Waals surface area (Å²) in [5.41, 5.74) is 2.01. The Balaban J connectivity index is 1.95. The van der Waals surface area contributed by atoms with Gasteiger partial charge in [0.1, 0.15) is 0 Å². The molecule has 0 N–H and O–H groups in total. The molecule has 1 aromatic carbocycles. The summed E-state index contributed by atoms with van der Waals surface area (Å²) in [6.07, 6.45) is 6.76. The molecule has 0 aliphatic heterocycles. The molecule has 0 radical (unpaired) electrons. The Hall–Kier alpha value is -1.94. The highest BCUT2D eigenvalue weighted by Gasteiger charge is 2.05. The van der Waals surface area contributed by atoms with Crippen LogP contribution < -0.4 is 0 Å². The van der Waals surface area contributed by atoms with Crippen molar-refractivity contribution in [3.05, 3.63) is 70.5 Å². The van der Waals surface area contributed by atoms with E-state index in [0.717, 1.165) is 15.6 Å². The molecule has 1 aromatic heterocycles. The van der Waals surface area contributed by atoms with Gasteiger partial charge in [0.05, 0.1) is 0 Å². The average Bonchev–Trinajstić information content (AvgIpc) is 2.48. The molecule has 0 fully saturated rings. The fraction of sp³-hybridized carbons (Fsp3) is 0.125. The molecule has 2 aromatic rings. The van der Waals surface area contributed by atoms with Crippen molar-refractivity contribution in [1.82, 2.24) is 9.88 Å². The number of carbonyl (C=O) groups excluding carboxylic acids is 1. The number of carbonyl (C=O) groups is 1. The quantitative estimate of drug-likeness (QED) is 0.803. The largest absolute Gasteiger partial charge is 0.338 e. The van der Waals surface area contributed by atoms with Gasteiger partial charge in [-0.25, -0.2) is 0 Å². The van der Waals surface area contributed by atoms with Gasteiger partial charge in [-0.3, -0.25) is 9.78 Å². The number of halogens is 1. The molecule has 0 aliphatic carbocycles. The molecule has 0 bridgehead atoms. The van der Waals surface area contributed by atoms with Gasteiger partial charge >= 0.3 is 0 Å². The molecule has 2 rings (SSSR count). The fourth-order valence-electron chi connectivity index (χ4n) is 1.71. The minimum atomic E-state index is -0.0308. The molecule has 0 saturated heterocycles. The standard InChI is InChI=1S/C16H15BrN2O/c1-19(12-14-4-7-15(17)8-5-14)16(20)9-6-13-3-2-10-18-11-13/h2-11H,12H2,1H3/b9-6+. The number of nitrogens with zero attached hydrogens (tertiary/aromatic N) is 2. The molecular weight excluding hydrogens is 316 g/mol. The van der Waals surface area contributed by atoms with Crippen LogP contribution in [0.25, 0.3) is 6.08 Å². The van der Waals surface area contributed by atoms with Crippen LogP contribution in [0.2, 0.25) is 0 Å². The van der Waals surface area contributed by atoms with Gasteiger partial charge in [0.2, 0.25) is 5.91 Å². The molecule has 0 unspecified atom stereocenters. The van der Waals surface area contributed by atoms with Crippen molar-refractivity contribution >= 4 is 27.9 Å². The monoisotopic (exact) mass is 330 g/mol. The van der Waals surface area contributed by atoms with Crippen LogP contribution in [-0.4, -0.2) is 22.8 Å². The minimum absolute atomic E-state index is 0.0308. The summed E-state index contributed by atoms with van der Waals surface area (Å²) in [5.74, 6) is -0.0308. The van der Waals surface area contributed by atoms with Crippen LogP contribution in [0.3, 0.4) is 0 Å². The van der Waals surface area contributed by atoms with E-state index in [4.69, 9.17) is 0 Å². The highest BCUT2D eigenvalue weighted by molar-refractivity contribution is 9.10. The van der Waals surface area contributed by atoms with Crippen LogP contribution in [0.5, 0.6) is 0 Å². The predicted molar refractivity (Wildman–Crippen MR) is 83.9 cm³/mol. The highest BCUT2D eigenvalue weighted by Crippen LogP contribution is 2.12. The molecule has 1 amide bonds. The molecule has 20 heavy (non-hydrogen) atoms. The lowest BCUT2D eigenvalue weighted by Gasteiger charge is -2.15. The van der Waals surface area contributed by atoms with Gasteiger partial charge in [0, 0.05) is 36.5 Å². The lowest BCUT2D eigenvalue weighted by Crippen LogP contribution is -2.24. The SMILES string of the molecule is CN(Cc1ccc(Br)cc1)C(=O)/C=C/c1cccnc1. The van der Waals surface area contributed by atoms with Gasteiger partial charge < -0.3 is 4.90 Å². The first-order valence-corrected chi connectivity index (χ1v) is 7.02. The van der Waals surface area contributed by atoms with E-state index in [0.29, 0.717) is 6.54 Å². The second kappa shape index (κ2) is 7.01. The zero-order valence-corrected chi connectivity index (χ0v) is 12.7. The minimum Gasteiger partial charge on any atom is -0.338 e. The van der Waals surface area contributed by atoms with E-state index in [2.05, 4.69) is 20.9 Å². The number of likely N-dealkylation sites (N-methyl/N-ethyl adjacent to an activating group) is 1. The van der Waals surface area contributed by atoms with E-state index in [1.807, 2.05) is 36.4 Å². The number of amides is 1. The number of rotatable bonds is 4. The van der Waals surface area contributed by atoms with Crippen molar-refractivity contribution in [3.63, 3.8) is 0 Å². The Morgan fingerprint density at radius 3 is 2.70 bits per heavy atom. The average molecular weight is 331 g/mol. The molecule has 0 aliphatic rings. The number of aromatic nitrogens is 1. The molecule has 4 heteroatoms. The fourth-order valence-corrected chi connectivity index (χ4v) is 1.98. The van der Waals surface area contributed by atoms with Gasteiger partial charge in [-0.2, -0.15) is 0 Å². The maximum atomic E-state index is 12.0. The van der Waals surface area contributed by atoms with Gasteiger partial charge in [-0.1, -0.05) is 34.1 Å². The van der Waals surface area contributed by atoms with Crippen LogP contribution in [0.15, 0.2) is 59.3 Å². The van der Waals surface area contributed by atoms with Crippen molar-refractivity contribution in [2.75, 3.05) is 7.05 Å². The Kier molecular flexibility index (Phi) is 5.07. The van der Waals surface area contributed by atoms with E-state index < -0.39 is 0 Å². The zero-order chi connectivity index (χ0) is 14.4. The molecule has 3 nitrogen and oxygen atoms in total. The number of hydrogen-bond acceptors (Lipinski definition) is 2. The second-order valence-electron chi connectivity index (χ2n) is 4.44. The topological polar surface area (TPSA) is 33.2 Å². The Morgan fingerprint density at radius 2 is 2.05 bits per heavy atom. The van der Waals surface area contributed by atoms with Crippen molar-refractivity contribution in [2.24, 2.45) is 0 Å². The first-order valence-electron chi connectivity index (χ1n) is 6.23. The van der Waals surface area contributed by atoms with Gasteiger partial charge in [0.15, 0.2) is 0 Å². The summed E-state index contributed by atoms with van der Waals surface area (Å²) in [6, 6.07) is 11.7. The van der Waals surface area contributed by atoms with E-state index in [1.165, 1.54) is 0 Å². The van der Waals surface area contributed by atoms with Gasteiger partial charge in [-0.05, 0) is 35.4 Å². The summed E-state index contributed by atoms with van der Waals surface area (Å²) in [5, 5.41) is 0. The van der Waals surface area contributed by atoms with Crippen molar-refractivity contribution < 1.29 is 4.79 Å². The smallest absolute Gasteiger partial charge is 0.246 e. The maximum Gasteiger partial charge on any atom is 0.246 e. The van der Waals surface area contributed by atoms with Crippen LogP contribution in [0, 0.1) is 0 Å². The zero-order valence-electron chi connectivity index (χ0n) is 11.2. The molecular formula is C16H15BrN2O. The number of pyridine rings is 1. The van der Waals surface area contributed by atoms with E-state index in [9.17, 15) is 4.79 Å². The Bertz CT molecular complexity index is 594. The first kappa shape index (κ1) is 14.5. The van der Waals surface area contributed by atoms with Crippen LogP contribution in [0.4, 0.5) is 0 Å². The normalized spacial score (nSPS) is 10.7. The molecule has 0 saturated carbocycles. The van der Waals surface area contributed by atoms with E-state index in [1.54, 1.807) is 36.5 Å². The molecule has 0 spiro atoms. The third-order valence-electron chi connectivity index (χ3n) is 2.81. The van der Waals surface area contributed by atoms with Gasteiger partial charge in [0.25, 0.3) is 0 Å². The highest BCUT2D eigenvalue weighted by atomic mass is 79.9. The molecule has 102 valence electrons. The van der Waals surface area contributed by atoms with Crippen LogP contribution >= 0.6 is 15.9 Å². The Labute approximate surface area is 127 Å². The van der Waals surface area contributed by atoms with Gasteiger partial charge in [-0.15, -0.1) is 0 Å². The summed E-state index contributed by atoms with van der Waals surface area (Å²) in [6.45, 7) is 0.587. The molecule has 1 heterocycles. The third kappa shape index (κ3) is 4.31. The van der Waals surface area contributed by atoms with E-state index >= 15 is 0 Å². The number of hydrogen-bond donors (Lipinski definition) is 0. The van der Waals surface area contributed by atoms with Crippen molar-refractivity contribution in [3.8, 4) is 0 Å². The molecule has 0 atom stereocenters. The predicted octanol–water partition coefficient (Wildman–Crippen LogP) is 3.52. The van der Waals surface area contributed by atoms with E-state index in [-0.39, 0.29) is 5.91 Å². The summed E-state index contributed by atoms with van der Waals surface area (Å²) in [7, 11) is 1.79. The second-order valence-corrected chi connectivity index (χ2v) is 5.36. The number of benzene rings is 1. The van der Waals surface area contributed by atoms with Crippen molar-refractivity contribution in [1.29, 1.82) is 0 Å². The summed E-state index contributed by atoms with van der Waals surface area (Å²) in [4.78, 5) is 17.7. The van der Waals surface area contributed by atoms with Crippen molar-refractivity contribution in [2.45, 2.75) is 6.54 Å². The first-order chi connectivity index (χ1) is 9.65. The maximum absolute atomic E-state index is 12.0. The summed E-state index contributed by atoms with van der Waals surface area (Å²) < 4.78 is 1.03. The van der Waals surface area contributed by atoms with Crippen LogP contribution in [0.1, 0.15) is 11.1 Å². The third-order valence-corrected chi connectivity index (χ3v) is 3.34.